The van der Waals surface area contributed by atoms with Crippen LogP contribution in [-0.4, -0.2) is 26.4 Å². The van der Waals surface area contributed by atoms with Gasteiger partial charge in [-0.2, -0.15) is 0 Å². The summed E-state index contributed by atoms with van der Waals surface area (Å²) in [7, 11) is 0. The molecule has 0 aromatic heterocycles. The van der Waals surface area contributed by atoms with Crippen LogP contribution in [0, 0.1) is 20.2 Å². The van der Waals surface area contributed by atoms with Gasteiger partial charge in [0, 0.05) is 6.07 Å². The zero-order chi connectivity index (χ0) is 12.3. The van der Waals surface area contributed by atoms with E-state index in [0.717, 1.165) is 6.07 Å². The van der Waals surface area contributed by atoms with Crippen LogP contribution in [0.1, 0.15) is 5.56 Å². The van der Waals surface area contributed by atoms with Gasteiger partial charge in [-0.25, -0.2) is 0 Å². The number of nitro benzene ring substituents is 2. The summed E-state index contributed by atoms with van der Waals surface area (Å²) in [5, 5.41) is 41.0. The monoisotopic (exact) mass is 227 g/mol. The summed E-state index contributed by atoms with van der Waals surface area (Å²) in [6, 6.07) is 1.46. The summed E-state index contributed by atoms with van der Waals surface area (Å²) in [5.41, 5.74) is -1.73. The van der Waals surface area contributed by atoms with Gasteiger partial charge in [0.25, 0.3) is 5.69 Å². The number of benzene rings is 1. The Hall–Kier alpha value is -2.71. The number of rotatable bonds is 3. The Bertz CT molecular complexity index is 483. The molecule has 0 heterocycles. The van der Waals surface area contributed by atoms with E-state index in [4.69, 9.17) is 5.21 Å². The van der Waals surface area contributed by atoms with Gasteiger partial charge in [0.15, 0.2) is 0 Å². The second kappa shape index (κ2) is 4.21. The van der Waals surface area contributed by atoms with Crippen LogP contribution in [-0.2, 0) is 0 Å². The minimum Gasteiger partial charge on any atom is -0.502 e. The molecule has 0 fully saturated rings. The molecule has 9 nitrogen and oxygen atoms in total. The van der Waals surface area contributed by atoms with E-state index in [2.05, 4.69) is 5.16 Å². The van der Waals surface area contributed by atoms with Gasteiger partial charge < -0.3 is 10.3 Å². The number of non-ortho nitro benzene ring substituents is 1. The maximum Gasteiger partial charge on any atom is 0.318 e. The van der Waals surface area contributed by atoms with Crippen LogP contribution in [0.3, 0.4) is 0 Å². The summed E-state index contributed by atoms with van der Waals surface area (Å²) >= 11 is 0. The van der Waals surface area contributed by atoms with E-state index in [1.54, 1.807) is 0 Å². The fourth-order valence-electron chi connectivity index (χ4n) is 1.03. The number of aromatic hydroxyl groups is 1. The molecule has 0 amide bonds. The van der Waals surface area contributed by atoms with Gasteiger partial charge in [-0.05, 0) is 0 Å². The third kappa shape index (κ3) is 2.03. The maximum absolute atomic E-state index is 10.5. The SMILES string of the molecule is O=[N+]([O-])c1cc(/C=N\O)c(O)c([N+](=O)[O-])c1. The van der Waals surface area contributed by atoms with Crippen LogP contribution < -0.4 is 0 Å². The first-order valence-electron chi connectivity index (χ1n) is 3.80. The zero-order valence-electron chi connectivity index (χ0n) is 7.60. The standard InChI is InChI=1S/C7H5N3O6/c11-7-4(3-8-12)1-5(9(13)14)2-6(7)10(15)16/h1-3,11-12H/b8-3-. The molecule has 84 valence electrons. The molecule has 0 aliphatic rings. The first-order valence-corrected chi connectivity index (χ1v) is 3.80. The Morgan fingerprint density at radius 2 is 1.88 bits per heavy atom. The van der Waals surface area contributed by atoms with E-state index < -0.39 is 27.0 Å². The number of hydrogen-bond acceptors (Lipinski definition) is 7. The van der Waals surface area contributed by atoms with Crippen molar-refractivity contribution in [2.75, 3.05) is 0 Å². The second-order valence-electron chi connectivity index (χ2n) is 2.66. The first-order chi connectivity index (χ1) is 7.47. The van der Waals surface area contributed by atoms with Crippen molar-refractivity contribution in [1.82, 2.24) is 0 Å². The number of phenols is 1. The van der Waals surface area contributed by atoms with Crippen molar-refractivity contribution in [2.24, 2.45) is 5.16 Å². The fourth-order valence-corrected chi connectivity index (χ4v) is 1.03. The fraction of sp³-hybridized carbons (Fsp3) is 0. The molecule has 0 atom stereocenters. The van der Waals surface area contributed by atoms with E-state index in [1.165, 1.54) is 0 Å². The van der Waals surface area contributed by atoms with Gasteiger partial charge >= 0.3 is 5.69 Å². The van der Waals surface area contributed by atoms with Gasteiger partial charge in [0.05, 0.1) is 27.7 Å². The van der Waals surface area contributed by atoms with Crippen molar-refractivity contribution in [3.8, 4) is 5.75 Å². The molecule has 1 aromatic rings. The molecule has 0 bridgehead atoms. The molecule has 0 aliphatic carbocycles. The lowest BCUT2D eigenvalue weighted by molar-refractivity contribution is -0.394. The quantitative estimate of drug-likeness (QED) is 0.342. The molecular weight excluding hydrogens is 222 g/mol. The van der Waals surface area contributed by atoms with Gasteiger partial charge in [0.1, 0.15) is 0 Å². The van der Waals surface area contributed by atoms with Crippen molar-refractivity contribution in [3.05, 3.63) is 37.9 Å². The Kier molecular flexibility index (Phi) is 2.99. The third-order valence-corrected chi connectivity index (χ3v) is 1.71. The van der Waals surface area contributed by atoms with Gasteiger partial charge in [-0.15, -0.1) is 0 Å². The largest absolute Gasteiger partial charge is 0.502 e. The molecule has 16 heavy (non-hydrogen) atoms. The molecule has 1 aromatic carbocycles. The lowest BCUT2D eigenvalue weighted by atomic mass is 10.1. The Labute approximate surface area is 87.5 Å². The van der Waals surface area contributed by atoms with Crippen LogP contribution >= 0.6 is 0 Å². The highest BCUT2D eigenvalue weighted by Gasteiger charge is 2.22. The minimum absolute atomic E-state index is 0.316. The van der Waals surface area contributed by atoms with Crippen molar-refractivity contribution >= 4 is 17.6 Å². The molecule has 0 saturated heterocycles. The van der Waals surface area contributed by atoms with Gasteiger partial charge in [-0.3, -0.25) is 20.2 Å². The lowest BCUT2D eigenvalue weighted by Crippen LogP contribution is -1.96. The zero-order valence-corrected chi connectivity index (χ0v) is 7.60. The Morgan fingerprint density at radius 3 is 2.31 bits per heavy atom. The summed E-state index contributed by atoms with van der Waals surface area (Å²) in [6.07, 6.45) is 0.662. The van der Waals surface area contributed by atoms with Crippen LogP contribution in [0.15, 0.2) is 17.3 Å². The van der Waals surface area contributed by atoms with Gasteiger partial charge in [-0.1, -0.05) is 5.16 Å². The molecule has 0 unspecified atom stereocenters. The lowest BCUT2D eigenvalue weighted by Gasteiger charge is -1.99. The highest BCUT2D eigenvalue weighted by molar-refractivity contribution is 5.86. The maximum atomic E-state index is 10.5. The van der Waals surface area contributed by atoms with E-state index >= 15 is 0 Å². The van der Waals surface area contributed by atoms with E-state index in [1.807, 2.05) is 0 Å². The van der Waals surface area contributed by atoms with Crippen molar-refractivity contribution in [3.63, 3.8) is 0 Å². The number of nitrogens with zero attached hydrogens (tertiary/aromatic N) is 3. The minimum atomic E-state index is -0.975. The number of oxime groups is 1. The Morgan fingerprint density at radius 1 is 1.25 bits per heavy atom. The van der Waals surface area contributed by atoms with E-state index in [-0.39, 0.29) is 5.56 Å². The highest BCUT2D eigenvalue weighted by atomic mass is 16.6. The van der Waals surface area contributed by atoms with Crippen LogP contribution in [0.5, 0.6) is 5.75 Å². The summed E-state index contributed by atoms with van der Waals surface area (Å²) < 4.78 is 0. The third-order valence-electron chi connectivity index (χ3n) is 1.71. The molecule has 0 radical (unpaired) electrons. The topological polar surface area (TPSA) is 139 Å². The molecule has 0 aliphatic heterocycles. The smallest absolute Gasteiger partial charge is 0.318 e. The highest BCUT2D eigenvalue weighted by Crippen LogP contribution is 2.33. The molecule has 9 heteroatoms. The number of nitro groups is 2. The van der Waals surface area contributed by atoms with Crippen molar-refractivity contribution < 1.29 is 20.2 Å². The van der Waals surface area contributed by atoms with Crippen molar-refractivity contribution in [2.45, 2.75) is 0 Å². The first kappa shape index (κ1) is 11.4. The van der Waals surface area contributed by atoms with Crippen molar-refractivity contribution in [1.29, 1.82) is 0 Å². The van der Waals surface area contributed by atoms with E-state index in [9.17, 15) is 25.3 Å². The molecular formula is C7H5N3O6. The predicted octanol–water partition coefficient (Wildman–Crippen LogP) is 1.02. The predicted molar refractivity (Wildman–Crippen MR) is 50.8 cm³/mol. The molecule has 2 N–H and O–H groups in total. The van der Waals surface area contributed by atoms with E-state index in [0.29, 0.717) is 12.3 Å². The average molecular weight is 227 g/mol. The average Bonchev–Trinajstić information content (AvgIpc) is 2.20. The number of hydrogen-bond donors (Lipinski definition) is 2. The normalized spacial score (nSPS) is 10.5. The Balaban J connectivity index is 3.50. The summed E-state index contributed by atoms with van der Waals surface area (Å²) in [6.45, 7) is 0. The number of phenolic OH excluding ortho intramolecular Hbond substituents is 1. The summed E-state index contributed by atoms with van der Waals surface area (Å²) in [4.78, 5) is 19.1. The van der Waals surface area contributed by atoms with Crippen LogP contribution in [0.2, 0.25) is 0 Å². The molecule has 0 spiro atoms. The van der Waals surface area contributed by atoms with Crippen LogP contribution in [0.4, 0.5) is 11.4 Å². The van der Waals surface area contributed by atoms with Gasteiger partial charge in [0.2, 0.25) is 5.75 Å². The summed E-state index contributed by atoms with van der Waals surface area (Å²) in [5.74, 6) is -0.798. The molecule has 1 rings (SSSR count). The second-order valence-corrected chi connectivity index (χ2v) is 2.66. The van der Waals surface area contributed by atoms with Crippen LogP contribution in [0.25, 0.3) is 0 Å². The molecule has 0 saturated carbocycles.